The van der Waals surface area contributed by atoms with Crippen molar-refractivity contribution in [3.05, 3.63) is 44.2 Å². The van der Waals surface area contributed by atoms with Crippen LogP contribution in [0.15, 0.2) is 29.3 Å². The van der Waals surface area contributed by atoms with Gasteiger partial charge in [-0.25, -0.2) is 0 Å². The van der Waals surface area contributed by atoms with E-state index in [1.54, 1.807) is 23.1 Å². The Morgan fingerprint density at radius 2 is 1.95 bits per heavy atom. The first-order valence-electron chi connectivity index (χ1n) is 7.26. The summed E-state index contributed by atoms with van der Waals surface area (Å²) in [4.78, 5) is 4.48. The Labute approximate surface area is 144 Å². The van der Waals surface area contributed by atoms with E-state index in [9.17, 15) is 5.26 Å². The van der Waals surface area contributed by atoms with Crippen molar-refractivity contribution in [3.8, 4) is 6.07 Å². The molecule has 0 aliphatic carbocycles. The molecule has 1 aliphatic heterocycles. The third-order valence-corrected chi connectivity index (χ3v) is 6.62. The second kappa shape index (κ2) is 5.84. The van der Waals surface area contributed by atoms with Crippen LogP contribution in [-0.2, 0) is 5.41 Å². The number of thiazole rings is 1. The highest BCUT2D eigenvalue weighted by atomic mass is 32.2. The molecule has 0 radical (unpaired) electrons. The summed E-state index contributed by atoms with van der Waals surface area (Å²) in [5, 5.41) is 10.7. The molecule has 2 unspecified atom stereocenters. The average Bonchev–Trinajstić information content (AvgIpc) is 2.85. The smallest absolute Gasteiger partial charge is 0.159 e. The fourth-order valence-electron chi connectivity index (χ4n) is 2.78. The molecule has 2 nitrogen and oxygen atoms in total. The Kier molecular flexibility index (Phi) is 4.19. The molecule has 2 aromatic rings. The minimum atomic E-state index is -0.000522. The first-order chi connectivity index (χ1) is 10.4. The Bertz CT molecular complexity index is 772. The van der Waals surface area contributed by atoms with Crippen molar-refractivity contribution >= 4 is 35.3 Å². The number of aromatic nitrogens is 1. The predicted octanol–water partition coefficient (Wildman–Crippen LogP) is 5.48. The number of nitrogens with zero attached hydrogens (tertiary/aromatic N) is 1. The second-order valence-electron chi connectivity index (χ2n) is 6.60. The van der Waals surface area contributed by atoms with Crippen molar-refractivity contribution in [2.75, 3.05) is 5.75 Å². The maximum absolute atomic E-state index is 9.54. The van der Waals surface area contributed by atoms with Gasteiger partial charge < -0.3 is 4.98 Å². The van der Waals surface area contributed by atoms with Gasteiger partial charge in [0.15, 0.2) is 3.95 Å². The number of H-pyrrole nitrogens is 1. The van der Waals surface area contributed by atoms with Gasteiger partial charge in [-0.1, -0.05) is 45.0 Å². The fourth-order valence-corrected chi connectivity index (χ4v) is 5.56. The molecule has 2 heterocycles. The summed E-state index contributed by atoms with van der Waals surface area (Å²) in [5.74, 6) is 0.949. The van der Waals surface area contributed by atoms with Crippen LogP contribution in [0.4, 0.5) is 0 Å². The lowest BCUT2D eigenvalue weighted by molar-refractivity contribution is 0.588. The Morgan fingerprint density at radius 3 is 2.55 bits per heavy atom. The molecule has 0 spiro atoms. The maximum atomic E-state index is 9.54. The quantitative estimate of drug-likeness (QED) is 0.695. The third kappa shape index (κ3) is 2.88. The summed E-state index contributed by atoms with van der Waals surface area (Å²) in [5.41, 5.74) is 2.67. The molecule has 1 aromatic carbocycles. The number of hydrogen-bond donors (Lipinski definition) is 1. The van der Waals surface area contributed by atoms with Crippen LogP contribution in [0.2, 0.25) is 0 Å². The summed E-state index contributed by atoms with van der Waals surface area (Å²) in [6.07, 6.45) is 0. The Morgan fingerprint density at radius 1 is 1.27 bits per heavy atom. The number of nitriles is 1. The zero-order chi connectivity index (χ0) is 15.9. The number of thioether (sulfide) groups is 1. The van der Waals surface area contributed by atoms with Gasteiger partial charge in [-0.15, -0.1) is 23.1 Å². The van der Waals surface area contributed by atoms with Crippen molar-refractivity contribution in [2.24, 2.45) is 5.92 Å². The van der Waals surface area contributed by atoms with Crippen LogP contribution < -0.4 is 0 Å². The minimum Gasteiger partial charge on any atom is -0.332 e. The van der Waals surface area contributed by atoms with Gasteiger partial charge in [0, 0.05) is 16.5 Å². The molecule has 0 bridgehead atoms. The lowest BCUT2D eigenvalue weighted by Crippen LogP contribution is -2.19. The molecule has 0 saturated carbocycles. The van der Waals surface area contributed by atoms with Gasteiger partial charge in [-0.05, 0) is 28.8 Å². The van der Waals surface area contributed by atoms with E-state index in [2.05, 4.69) is 56.1 Å². The van der Waals surface area contributed by atoms with E-state index in [-0.39, 0.29) is 17.3 Å². The van der Waals surface area contributed by atoms with Crippen molar-refractivity contribution in [1.29, 1.82) is 5.26 Å². The van der Waals surface area contributed by atoms with Crippen molar-refractivity contribution in [3.63, 3.8) is 0 Å². The molecule has 3 rings (SSSR count). The van der Waals surface area contributed by atoms with Gasteiger partial charge in [0.2, 0.25) is 0 Å². The minimum absolute atomic E-state index is 0.000522. The first kappa shape index (κ1) is 15.8. The van der Waals surface area contributed by atoms with Crippen LogP contribution in [-0.4, -0.2) is 10.7 Å². The molecule has 1 aliphatic rings. The van der Waals surface area contributed by atoms with E-state index < -0.39 is 0 Å². The lowest BCUT2D eigenvalue weighted by Gasteiger charge is -2.27. The van der Waals surface area contributed by atoms with E-state index in [1.165, 1.54) is 16.0 Å². The lowest BCUT2D eigenvalue weighted by atomic mass is 9.82. The normalized spacial score (nSPS) is 21.2. The van der Waals surface area contributed by atoms with Crippen LogP contribution in [0.25, 0.3) is 0 Å². The zero-order valence-electron chi connectivity index (χ0n) is 12.8. The molecule has 22 heavy (non-hydrogen) atoms. The van der Waals surface area contributed by atoms with E-state index >= 15 is 0 Å². The number of fused-ring (bicyclic) bond motifs is 1. The largest absolute Gasteiger partial charge is 0.332 e. The van der Waals surface area contributed by atoms with Gasteiger partial charge in [0.05, 0.1) is 17.0 Å². The van der Waals surface area contributed by atoms with E-state index in [1.807, 2.05) is 0 Å². The number of hydrogen-bond acceptors (Lipinski definition) is 4. The summed E-state index contributed by atoms with van der Waals surface area (Å²) >= 11 is 8.62. The molecule has 0 fully saturated rings. The molecule has 1 N–H and O–H groups in total. The molecule has 0 amide bonds. The van der Waals surface area contributed by atoms with Crippen molar-refractivity contribution in [1.82, 2.24) is 4.98 Å². The number of benzene rings is 1. The highest BCUT2D eigenvalue weighted by molar-refractivity contribution is 7.99. The van der Waals surface area contributed by atoms with Crippen LogP contribution in [0.3, 0.4) is 0 Å². The molecular formula is C17H18N2S3. The molecule has 5 heteroatoms. The molecule has 114 valence electrons. The molecule has 2 atom stereocenters. The van der Waals surface area contributed by atoms with Crippen LogP contribution in [0.1, 0.15) is 42.7 Å². The highest BCUT2D eigenvalue weighted by Gasteiger charge is 2.33. The summed E-state index contributed by atoms with van der Waals surface area (Å²) in [6.45, 7) is 6.65. The fraction of sp³-hybridized carbons (Fsp3) is 0.412. The maximum Gasteiger partial charge on any atom is 0.159 e. The molecular weight excluding hydrogens is 328 g/mol. The van der Waals surface area contributed by atoms with Crippen LogP contribution in [0.5, 0.6) is 0 Å². The van der Waals surface area contributed by atoms with Crippen LogP contribution >= 0.6 is 35.3 Å². The molecule has 1 aromatic heterocycles. The second-order valence-corrected chi connectivity index (χ2v) is 9.35. The first-order valence-corrected chi connectivity index (χ1v) is 9.47. The van der Waals surface area contributed by atoms with Crippen molar-refractivity contribution < 1.29 is 0 Å². The monoisotopic (exact) mass is 346 g/mol. The third-order valence-electron chi connectivity index (χ3n) is 4.04. The summed E-state index contributed by atoms with van der Waals surface area (Å²) in [7, 11) is 0. The van der Waals surface area contributed by atoms with E-state index in [0.717, 1.165) is 14.7 Å². The average molecular weight is 347 g/mol. The van der Waals surface area contributed by atoms with E-state index in [0.29, 0.717) is 0 Å². The SMILES string of the molecule is CC(C)(C)c1ccc(C2c3sc(=S)[nH]c3SCC2C#N)cc1. The summed E-state index contributed by atoms with van der Waals surface area (Å²) in [6, 6.07) is 11.2. The van der Waals surface area contributed by atoms with Gasteiger partial charge in [-0.3, -0.25) is 0 Å². The van der Waals surface area contributed by atoms with Gasteiger partial charge in [0.25, 0.3) is 0 Å². The topological polar surface area (TPSA) is 39.6 Å². The number of rotatable bonds is 1. The zero-order valence-corrected chi connectivity index (χ0v) is 15.3. The van der Waals surface area contributed by atoms with Crippen LogP contribution in [0, 0.1) is 21.2 Å². The standard InChI is InChI=1S/C17H18N2S3/c1-17(2,3)12-6-4-10(5-7-12)13-11(8-18)9-21-15-14(13)22-16(20)19-15/h4-7,11,13H,9H2,1-3H3,(H,19,20). The van der Waals surface area contributed by atoms with Crippen molar-refractivity contribution in [2.45, 2.75) is 37.1 Å². The van der Waals surface area contributed by atoms with Gasteiger partial charge in [0.1, 0.15) is 0 Å². The number of nitrogens with one attached hydrogen (secondary N) is 1. The van der Waals surface area contributed by atoms with Gasteiger partial charge in [-0.2, -0.15) is 5.26 Å². The Balaban J connectivity index is 2.05. The number of aromatic amines is 1. The summed E-state index contributed by atoms with van der Waals surface area (Å²) < 4.78 is 0.799. The predicted molar refractivity (Wildman–Crippen MR) is 96.3 cm³/mol. The molecule has 0 saturated heterocycles. The highest BCUT2D eigenvalue weighted by Crippen LogP contribution is 2.46. The van der Waals surface area contributed by atoms with E-state index in [4.69, 9.17) is 12.2 Å². The Hall–Kier alpha value is -1.09. The van der Waals surface area contributed by atoms with Gasteiger partial charge >= 0.3 is 0 Å².